The molecule has 0 bridgehead atoms. The summed E-state index contributed by atoms with van der Waals surface area (Å²) >= 11 is 9.60. The third kappa shape index (κ3) is 3.03. The lowest BCUT2D eigenvalue weighted by Gasteiger charge is -2.23. The number of hydrogen-bond donors (Lipinski definition) is 1. The Balaban J connectivity index is 1.99. The summed E-state index contributed by atoms with van der Waals surface area (Å²) in [7, 11) is 1.93. The molecule has 1 aliphatic rings. The van der Waals surface area contributed by atoms with Crippen LogP contribution in [0.25, 0.3) is 0 Å². The van der Waals surface area contributed by atoms with E-state index in [2.05, 4.69) is 27.3 Å². The van der Waals surface area contributed by atoms with Crippen molar-refractivity contribution in [2.75, 3.05) is 20.3 Å². The van der Waals surface area contributed by atoms with E-state index in [0.717, 1.165) is 27.1 Å². The molecule has 0 amide bonds. The topological polar surface area (TPSA) is 30.5 Å². The van der Waals surface area contributed by atoms with Crippen LogP contribution in [0.2, 0.25) is 5.02 Å². The smallest absolute Gasteiger partial charge is 0.161 e. The maximum absolute atomic E-state index is 6.02. The second kappa shape index (κ2) is 6.26. The number of nitrogens with one attached hydrogen (secondary N) is 1. The molecule has 1 N–H and O–H groups in total. The van der Waals surface area contributed by atoms with Gasteiger partial charge in [0.2, 0.25) is 0 Å². The normalized spacial score (nSPS) is 14.8. The lowest BCUT2D eigenvalue weighted by molar-refractivity contribution is 0.171. The standard InChI is InChI=1S/C16H15BrClNO2/c1-19-16(12-4-3-11(18)9-13(12)17)10-2-5-14-15(8-10)21-7-6-20-14/h2-5,8-9,16,19H,6-7H2,1H3. The highest BCUT2D eigenvalue weighted by Crippen LogP contribution is 2.36. The van der Waals surface area contributed by atoms with E-state index in [1.165, 1.54) is 0 Å². The molecular weight excluding hydrogens is 354 g/mol. The predicted molar refractivity (Wildman–Crippen MR) is 87.5 cm³/mol. The van der Waals surface area contributed by atoms with Crippen LogP contribution in [0.5, 0.6) is 11.5 Å². The first-order valence-corrected chi connectivity index (χ1v) is 7.88. The molecule has 0 spiro atoms. The van der Waals surface area contributed by atoms with Crippen LogP contribution >= 0.6 is 27.5 Å². The Morgan fingerprint density at radius 2 is 1.86 bits per heavy atom. The van der Waals surface area contributed by atoms with Gasteiger partial charge in [0, 0.05) is 9.50 Å². The van der Waals surface area contributed by atoms with Gasteiger partial charge in [-0.3, -0.25) is 0 Å². The van der Waals surface area contributed by atoms with Gasteiger partial charge in [-0.25, -0.2) is 0 Å². The van der Waals surface area contributed by atoms with Crippen molar-refractivity contribution in [1.82, 2.24) is 5.32 Å². The summed E-state index contributed by atoms with van der Waals surface area (Å²) in [6, 6.07) is 11.9. The number of halogens is 2. The molecule has 1 heterocycles. The Morgan fingerprint density at radius 3 is 2.57 bits per heavy atom. The molecule has 0 aliphatic carbocycles. The summed E-state index contributed by atoms with van der Waals surface area (Å²) in [4.78, 5) is 0. The van der Waals surface area contributed by atoms with Gasteiger partial charge in [0.25, 0.3) is 0 Å². The van der Waals surface area contributed by atoms with Crippen molar-refractivity contribution in [2.45, 2.75) is 6.04 Å². The lowest BCUT2D eigenvalue weighted by atomic mass is 9.98. The molecule has 0 radical (unpaired) electrons. The highest BCUT2D eigenvalue weighted by Gasteiger charge is 2.19. The summed E-state index contributed by atoms with van der Waals surface area (Å²) in [5.41, 5.74) is 2.24. The molecule has 1 unspecified atom stereocenters. The van der Waals surface area contributed by atoms with Gasteiger partial charge in [-0.2, -0.15) is 0 Å². The van der Waals surface area contributed by atoms with E-state index in [-0.39, 0.29) is 6.04 Å². The van der Waals surface area contributed by atoms with Gasteiger partial charge in [-0.1, -0.05) is 39.7 Å². The van der Waals surface area contributed by atoms with E-state index in [0.29, 0.717) is 18.2 Å². The first-order chi connectivity index (χ1) is 10.2. The molecule has 110 valence electrons. The molecule has 3 nitrogen and oxygen atoms in total. The molecule has 0 saturated carbocycles. The van der Waals surface area contributed by atoms with Crippen LogP contribution in [0.3, 0.4) is 0 Å². The van der Waals surface area contributed by atoms with Crippen molar-refractivity contribution >= 4 is 27.5 Å². The van der Waals surface area contributed by atoms with Gasteiger partial charge in [-0.15, -0.1) is 0 Å². The first-order valence-electron chi connectivity index (χ1n) is 6.71. The zero-order valence-corrected chi connectivity index (χ0v) is 13.9. The quantitative estimate of drug-likeness (QED) is 0.881. The van der Waals surface area contributed by atoms with Crippen molar-refractivity contribution in [3.05, 3.63) is 57.0 Å². The first kappa shape index (κ1) is 14.7. The minimum Gasteiger partial charge on any atom is -0.486 e. The SMILES string of the molecule is CNC(c1ccc2c(c1)OCCO2)c1ccc(Cl)cc1Br. The molecule has 2 aromatic carbocycles. The molecule has 1 aliphatic heterocycles. The van der Waals surface area contributed by atoms with Crippen LogP contribution < -0.4 is 14.8 Å². The van der Waals surface area contributed by atoms with Crippen LogP contribution in [0, 0.1) is 0 Å². The molecule has 21 heavy (non-hydrogen) atoms. The van der Waals surface area contributed by atoms with Gasteiger partial charge >= 0.3 is 0 Å². The summed E-state index contributed by atoms with van der Waals surface area (Å²) in [6.45, 7) is 1.19. The second-order valence-electron chi connectivity index (χ2n) is 4.79. The van der Waals surface area contributed by atoms with Crippen molar-refractivity contribution in [3.8, 4) is 11.5 Å². The molecule has 5 heteroatoms. The van der Waals surface area contributed by atoms with Crippen LogP contribution in [-0.2, 0) is 0 Å². The summed E-state index contributed by atoms with van der Waals surface area (Å²) in [5.74, 6) is 1.60. The number of fused-ring (bicyclic) bond motifs is 1. The number of rotatable bonds is 3. The Bertz CT molecular complexity index is 663. The number of ether oxygens (including phenoxy) is 2. The van der Waals surface area contributed by atoms with Gasteiger partial charge in [-0.05, 0) is 42.4 Å². The van der Waals surface area contributed by atoms with Gasteiger partial charge in [0.1, 0.15) is 13.2 Å². The highest BCUT2D eigenvalue weighted by atomic mass is 79.9. The van der Waals surface area contributed by atoms with Crippen molar-refractivity contribution in [1.29, 1.82) is 0 Å². The van der Waals surface area contributed by atoms with Gasteiger partial charge in [0.15, 0.2) is 11.5 Å². The van der Waals surface area contributed by atoms with Gasteiger partial charge in [0.05, 0.1) is 6.04 Å². The molecule has 2 aromatic rings. The Morgan fingerprint density at radius 1 is 1.10 bits per heavy atom. The maximum Gasteiger partial charge on any atom is 0.161 e. The fourth-order valence-electron chi connectivity index (χ4n) is 2.48. The summed E-state index contributed by atoms with van der Waals surface area (Å²) in [6.07, 6.45) is 0. The van der Waals surface area contributed by atoms with Crippen molar-refractivity contribution < 1.29 is 9.47 Å². The van der Waals surface area contributed by atoms with Crippen molar-refractivity contribution in [3.63, 3.8) is 0 Å². The number of benzene rings is 2. The fraction of sp³-hybridized carbons (Fsp3) is 0.250. The molecule has 3 rings (SSSR count). The molecule has 0 saturated heterocycles. The third-order valence-corrected chi connectivity index (χ3v) is 4.38. The number of hydrogen-bond acceptors (Lipinski definition) is 3. The van der Waals surface area contributed by atoms with E-state index in [4.69, 9.17) is 21.1 Å². The van der Waals surface area contributed by atoms with Crippen LogP contribution in [0.4, 0.5) is 0 Å². The van der Waals surface area contributed by atoms with Crippen LogP contribution in [0.1, 0.15) is 17.2 Å². The van der Waals surface area contributed by atoms with Crippen molar-refractivity contribution in [2.24, 2.45) is 0 Å². The zero-order chi connectivity index (χ0) is 14.8. The minimum atomic E-state index is 0.0486. The third-order valence-electron chi connectivity index (χ3n) is 3.46. The zero-order valence-electron chi connectivity index (χ0n) is 11.5. The van der Waals surface area contributed by atoms with E-state index in [1.54, 1.807) is 0 Å². The molecule has 0 aromatic heterocycles. The molecule has 0 fully saturated rings. The van der Waals surface area contributed by atoms with Crippen LogP contribution in [-0.4, -0.2) is 20.3 Å². The van der Waals surface area contributed by atoms with Crippen LogP contribution in [0.15, 0.2) is 40.9 Å². The lowest BCUT2D eigenvalue weighted by Crippen LogP contribution is -2.20. The fourth-order valence-corrected chi connectivity index (χ4v) is 3.39. The van der Waals surface area contributed by atoms with E-state index < -0.39 is 0 Å². The Kier molecular flexibility index (Phi) is 4.38. The maximum atomic E-state index is 6.02. The average Bonchev–Trinajstić information content (AvgIpc) is 2.50. The Labute approximate surface area is 137 Å². The Hall–Kier alpha value is -1.23. The monoisotopic (exact) mass is 367 g/mol. The predicted octanol–water partition coefficient (Wildman–Crippen LogP) is 4.18. The molecule has 1 atom stereocenters. The minimum absolute atomic E-state index is 0.0486. The highest BCUT2D eigenvalue weighted by molar-refractivity contribution is 9.10. The molecular formula is C16H15BrClNO2. The van der Waals surface area contributed by atoms with Gasteiger partial charge < -0.3 is 14.8 Å². The average molecular weight is 369 g/mol. The second-order valence-corrected chi connectivity index (χ2v) is 6.08. The van der Waals surface area contributed by atoms with E-state index in [9.17, 15) is 0 Å². The summed E-state index contributed by atoms with van der Waals surface area (Å²) in [5, 5.41) is 4.04. The largest absolute Gasteiger partial charge is 0.486 e. The summed E-state index contributed by atoms with van der Waals surface area (Å²) < 4.78 is 12.2. The van der Waals surface area contributed by atoms with E-state index >= 15 is 0 Å². The van der Waals surface area contributed by atoms with E-state index in [1.807, 2.05) is 37.4 Å².